The van der Waals surface area contributed by atoms with E-state index < -0.39 is 0 Å². The highest BCUT2D eigenvalue weighted by Gasteiger charge is 2.16. The molecule has 0 radical (unpaired) electrons. The maximum Gasteiger partial charge on any atom is 0.119 e. The van der Waals surface area contributed by atoms with Gasteiger partial charge in [0.15, 0.2) is 0 Å². The SMILES string of the molecule is C1CO1.CC1CO1.CCC(C)c1cccc(O)c1C(C)CC. The van der Waals surface area contributed by atoms with Crippen molar-refractivity contribution in [1.29, 1.82) is 0 Å². The lowest BCUT2D eigenvalue weighted by atomic mass is 9.86. The lowest BCUT2D eigenvalue weighted by Gasteiger charge is -2.20. The molecule has 0 amide bonds. The molecule has 3 atom stereocenters. The fourth-order valence-electron chi connectivity index (χ4n) is 2.06. The van der Waals surface area contributed by atoms with Gasteiger partial charge in [-0.25, -0.2) is 0 Å². The molecule has 3 rings (SSSR count). The van der Waals surface area contributed by atoms with Crippen LogP contribution in [0.4, 0.5) is 0 Å². The van der Waals surface area contributed by atoms with Crippen LogP contribution in [0.25, 0.3) is 0 Å². The van der Waals surface area contributed by atoms with Gasteiger partial charge in [-0.3, -0.25) is 0 Å². The largest absolute Gasteiger partial charge is 0.508 e. The third-order valence-electron chi connectivity index (χ3n) is 4.07. The summed E-state index contributed by atoms with van der Waals surface area (Å²) in [5.74, 6) is 1.43. The quantitative estimate of drug-likeness (QED) is 0.809. The maximum atomic E-state index is 9.94. The van der Waals surface area contributed by atoms with Gasteiger partial charge in [-0.05, 0) is 43.2 Å². The molecule has 3 unspecified atom stereocenters. The van der Waals surface area contributed by atoms with Crippen molar-refractivity contribution in [3.05, 3.63) is 29.3 Å². The maximum absolute atomic E-state index is 9.94. The number of epoxide rings is 2. The molecule has 3 nitrogen and oxygen atoms in total. The van der Waals surface area contributed by atoms with E-state index in [1.807, 2.05) is 6.07 Å². The van der Waals surface area contributed by atoms with Gasteiger partial charge in [0, 0.05) is 5.56 Å². The fourth-order valence-corrected chi connectivity index (χ4v) is 2.06. The van der Waals surface area contributed by atoms with Crippen molar-refractivity contribution in [1.82, 2.24) is 0 Å². The van der Waals surface area contributed by atoms with Crippen molar-refractivity contribution in [3.8, 4) is 5.75 Å². The molecule has 0 aromatic heterocycles. The van der Waals surface area contributed by atoms with E-state index in [1.54, 1.807) is 6.07 Å². The van der Waals surface area contributed by atoms with Crippen molar-refractivity contribution in [2.75, 3.05) is 19.8 Å². The number of hydrogen-bond donors (Lipinski definition) is 1. The van der Waals surface area contributed by atoms with Gasteiger partial charge >= 0.3 is 0 Å². The van der Waals surface area contributed by atoms with Crippen LogP contribution in [0.15, 0.2) is 18.2 Å². The lowest BCUT2D eigenvalue weighted by Crippen LogP contribution is -2.02. The number of phenolic OH excluding ortho intramolecular Hbond substituents is 1. The molecule has 0 saturated carbocycles. The van der Waals surface area contributed by atoms with E-state index in [-0.39, 0.29) is 0 Å². The second-order valence-electron chi connectivity index (χ2n) is 6.15. The Morgan fingerprint density at radius 2 is 1.64 bits per heavy atom. The van der Waals surface area contributed by atoms with Crippen LogP contribution >= 0.6 is 0 Å². The standard InChI is InChI=1S/C14H22O.C3H6O.C2H4O/c1-5-10(3)12-8-7-9-13(15)14(12)11(4)6-2;1-3-2-4-3;1-2-3-1/h7-11,15H,5-6H2,1-4H3;3H,2H2,1H3;1-2H2. The first-order valence-electron chi connectivity index (χ1n) is 8.52. The lowest BCUT2D eigenvalue weighted by molar-refractivity contribution is 0.423. The van der Waals surface area contributed by atoms with Crippen LogP contribution in [0.3, 0.4) is 0 Å². The Hall–Kier alpha value is -1.06. The van der Waals surface area contributed by atoms with Crippen molar-refractivity contribution in [2.24, 2.45) is 0 Å². The molecule has 0 aliphatic carbocycles. The first kappa shape index (κ1) is 19.0. The zero-order chi connectivity index (χ0) is 16.5. The highest BCUT2D eigenvalue weighted by atomic mass is 16.6. The average Bonchev–Trinajstić information content (AvgIpc) is 3.40. The molecule has 22 heavy (non-hydrogen) atoms. The highest BCUT2D eigenvalue weighted by Crippen LogP contribution is 2.35. The molecule has 0 spiro atoms. The molecule has 2 aliphatic rings. The van der Waals surface area contributed by atoms with Gasteiger partial charge in [0.1, 0.15) is 5.75 Å². The van der Waals surface area contributed by atoms with Crippen LogP contribution in [0.5, 0.6) is 5.75 Å². The monoisotopic (exact) mass is 308 g/mol. The highest BCUT2D eigenvalue weighted by molar-refractivity contribution is 5.43. The minimum atomic E-state index is 0.440. The molecule has 1 N–H and O–H groups in total. The molecular formula is C19H32O3. The number of hydrogen-bond acceptors (Lipinski definition) is 3. The Balaban J connectivity index is 0.000000278. The summed E-state index contributed by atoms with van der Waals surface area (Å²) < 4.78 is 9.21. The fraction of sp³-hybridized carbons (Fsp3) is 0.684. The minimum absolute atomic E-state index is 0.440. The molecule has 0 bridgehead atoms. The van der Waals surface area contributed by atoms with Gasteiger partial charge in [0.25, 0.3) is 0 Å². The van der Waals surface area contributed by atoms with E-state index in [2.05, 4.69) is 45.4 Å². The topological polar surface area (TPSA) is 45.3 Å². The minimum Gasteiger partial charge on any atom is -0.508 e. The van der Waals surface area contributed by atoms with Crippen molar-refractivity contribution in [3.63, 3.8) is 0 Å². The summed E-state index contributed by atoms with van der Waals surface area (Å²) >= 11 is 0. The van der Waals surface area contributed by atoms with Gasteiger partial charge in [-0.1, -0.05) is 39.8 Å². The second kappa shape index (κ2) is 9.86. The summed E-state index contributed by atoms with van der Waals surface area (Å²) in [4.78, 5) is 0. The Labute approximate surface area is 135 Å². The Kier molecular flexibility index (Phi) is 8.51. The van der Waals surface area contributed by atoms with Crippen molar-refractivity contribution < 1.29 is 14.6 Å². The average molecular weight is 308 g/mol. The van der Waals surface area contributed by atoms with Gasteiger partial charge in [0.2, 0.25) is 0 Å². The van der Waals surface area contributed by atoms with Crippen LogP contribution in [0.1, 0.15) is 70.4 Å². The smallest absolute Gasteiger partial charge is 0.119 e. The molecule has 2 fully saturated rings. The summed E-state index contributed by atoms with van der Waals surface area (Å²) in [6.07, 6.45) is 2.77. The van der Waals surface area contributed by atoms with Crippen molar-refractivity contribution in [2.45, 2.75) is 65.4 Å². The van der Waals surface area contributed by atoms with E-state index in [1.165, 1.54) is 5.56 Å². The molecule has 126 valence electrons. The first-order chi connectivity index (χ1) is 10.5. The summed E-state index contributed by atoms with van der Waals surface area (Å²) in [6.45, 7) is 13.8. The van der Waals surface area contributed by atoms with Gasteiger partial charge in [-0.2, -0.15) is 0 Å². The third kappa shape index (κ3) is 7.28. The molecule has 1 aromatic rings. The van der Waals surface area contributed by atoms with Gasteiger partial charge < -0.3 is 14.6 Å². The van der Waals surface area contributed by atoms with Gasteiger partial charge in [0.05, 0.1) is 25.9 Å². The van der Waals surface area contributed by atoms with Crippen LogP contribution in [0.2, 0.25) is 0 Å². The van der Waals surface area contributed by atoms with E-state index in [9.17, 15) is 5.11 Å². The zero-order valence-electron chi connectivity index (χ0n) is 14.8. The molecule has 3 heteroatoms. The third-order valence-corrected chi connectivity index (χ3v) is 4.07. The zero-order valence-corrected chi connectivity index (χ0v) is 14.8. The van der Waals surface area contributed by atoms with E-state index in [4.69, 9.17) is 4.74 Å². The molecule has 1 aromatic carbocycles. The van der Waals surface area contributed by atoms with Crippen LogP contribution < -0.4 is 0 Å². The Morgan fingerprint density at radius 3 is 2.00 bits per heavy atom. The van der Waals surface area contributed by atoms with E-state index in [0.29, 0.717) is 23.7 Å². The normalized spacial score (nSPS) is 20.7. The number of ether oxygens (including phenoxy) is 2. The number of phenols is 1. The molecule has 2 saturated heterocycles. The molecule has 2 aliphatic heterocycles. The number of rotatable bonds is 4. The Bertz CT molecular complexity index is 422. The summed E-state index contributed by atoms with van der Waals surface area (Å²) in [5, 5.41) is 9.94. The summed E-state index contributed by atoms with van der Waals surface area (Å²) in [7, 11) is 0. The molecular weight excluding hydrogens is 276 g/mol. The predicted octanol–water partition coefficient (Wildman–Crippen LogP) is 4.84. The van der Waals surface area contributed by atoms with Crippen LogP contribution in [-0.4, -0.2) is 31.0 Å². The number of benzene rings is 1. The summed E-state index contributed by atoms with van der Waals surface area (Å²) in [5.41, 5.74) is 2.46. The predicted molar refractivity (Wildman–Crippen MR) is 91.8 cm³/mol. The van der Waals surface area contributed by atoms with Crippen LogP contribution in [0, 0.1) is 0 Å². The summed E-state index contributed by atoms with van der Waals surface area (Å²) in [6, 6.07) is 5.89. The van der Waals surface area contributed by atoms with E-state index in [0.717, 1.165) is 38.2 Å². The first-order valence-corrected chi connectivity index (χ1v) is 8.52. The van der Waals surface area contributed by atoms with Crippen molar-refractivity contribution >= 4 is 0 Å². The second-order valence-corrected chi connectivity index (χ2v) is 6.15. The Morgan fingerprint density at radius 1 is 1.14 bits per heavy atom. The molecule has 2 heterocycles. The van der Waals surface area contributed by atoms with Crippen LogP contribution in [-0.2, 0) is 9.47 Å². The van der Waals surface area contributed by atoms with E-state index >= 15 is 0 Å². The van der Waals surface area contributed by atoms with Gasteiger partial charge in [-0.15, -0.1) is 0 Å². The number of aromatic hydroxyl groups is 1.